The van der Waals surface area contributed by atoms with Crippen LogP contribution in [0.15, 0.2) is 0 Å². The van der Waals surface area contributed by atoms with Crippen LogP contribution in [0.25, 0.3) is 0 Å². The fourth-order valence-corrected chi connectivity index (χ4v) is 1.51. The lowest BCUT2D eigenvalue weighted by atomic mass is 9.88. The summed E-state index contributed by atoms with van der Waals surface area (Å²) in [5, 5.41) is 5.20. The molecule has 94 valence electrons. The highest BCUT2D eigenvalue weighted by Crippen LogP contribution is 2.27. The zero-order valence-corrected chi connectivity index (χ0v) is 9.61. The molecule has 0 aromatic carbocycles. The summed E-state index contributed by atoms with van der Waals surface area (Å²) in [5.74, 6) is -1.54. The van der Waals surface area contributed by atoms with Crippen molar-refractivity contribution >= 4 is 5.78 Å². The predicted octanol–water partition coefficient (Wildman–Crippen LogP) is 1.30. The number of carbonyl (C=O) groups is 1. The van der Waals surface area contributed by atoms with Crippen LogP contribution < -0.4 is 10.6 Å². The first-order valence-electron chi connectivity index (χ1n) is 5.20. The summed E-state index contributed by atoms with van der Waals surface area (Å²) < 4.78 is 37.0. The molecule has 6 heteroatoms. The van der Waals surface area contributed by atoms with Crippen molar-refractivity contribution in [1.29, 1.82) is 0 Å². The van der Waals surface area contributed by atoms with E-state index < -0.39 is 23.7 Å². The van der Waals surface area contributed by atoms with Gasteiger partial charge < -0.3 is 0 Å². The molecule has 0 unspecified atom stereocenters. The molecular formula is C10H17F3N2O. The van der Waals surface area contributed by atoms with E-state index in [9.17, 15) is 18.0 Å². The molecule has 3 nitrogen and oxygen atoms in total. The molecule has 1 aliphatic rings. The molecule has 0 bridgehead atoms. The Bertz CT molecular complexity index is 262. The number of hydrogen-bond donors (Lipinski definition) is 2. The van der Waals surface area contributed by atoms with E-state index in [4.69, 9.17) is 0 Å². The summed E-state index contributed by atoms with van der Waals surface area (Å²) in [6, 6.07) is 0. The molecule has 0 radical (unpaired) electrons. The van der Waals surface area contributed by atoms with Gasteiger partial charge in [0.25, 0.3) is 0 Å². The van der Waals surface area contributed by atoms with Gasteiger partial charge in [-0.3, -0.25) is 15.4 Å². The van der Waals surface area contributed by atoms with Crippen LogP contribution in [0.2, 0.25) is 0 Å². The maximum absolute atomic E-state index is 12.3. The van der Waals surface area contributed by atoms with Gasteiger partial charge in [-0.05, 0) is 0 Å². The van der Waals surface area contributed by atoms with Crippen molar-refractivity contribution in [2.45, 2.75) is 33.1 Å². The molecule has 0 amide bonds. The highest BCUT2D eigenvalue weighted by atomic mass is 19.4. The molecule has 2 N–H and O–H groups in total. The highest BCUT2D eigenvalue weighted by molar-refractivity contribution is 5.88. The number of Topliss-reactive ketones (excluding diaryl/α,β-unsaturated/α-hetero) is 1. The summed E-state index contributed by atoms with van der Waals surface area (Å²) in [4.78, 5) is 11.8. The third-order valence-corrected chi connectivity index (χ3v) is 2.60. The normalized spacial score (nSPS) is 27.9. The molecule has 0 atom stereocenters. The zero-order chi connectivity index (χ0) is 12.6. The molecule has 1 heterocycles. The fraction of sp³-hybridized carbons (Fsp3) is 0.900. The first-order valence-corrected chi connectivity index (χ1v) is 5.20. The maximum atomic E-state index is 12.3. The van der Waals surface area contributed by atoms with Crippen molar-refractivity contribution in [2.24, 2.45) is 11.3 Å². The molecule has 0 aromatic rings. The Balaban J connectivity index is 2.53. The number of ketones is 1. The van der Waals surface area contributed by atoms with E-state index in [1.807, 2.05) is 0 Å². The smallest absolute Gasteiger partial charge is 0.296 e. The monoisotopic (exact) mass is 238 g/mol. The average molecular weight is 238 g/mol. The minimum atomic E-state index is -4.21. The second kappa shape index (κ2) is 4.33. The molecule has 1 fully saturated rings. The van der Waals surface area contributed by atoms with Crippen LogP contribution in [-0.2, 0) is 4.79 Å². The molecule has 1 rings (SSSR count). The van der Waals surface area contributed by atoms with Crippen molar-refractivity contribution in [1.82, 2.24) is 10.6 Å². The highest BCUT2D eigenvalue weighted by Gasteiger charge is 2.43. The number of hydrogen-bond acceptors (Lipinski definition) is 3. The van der Waals surface area contributed by atoms with Crippen LogP contribution >= 0.6 is 0 Å². The van der Waals surface area contributed by atoms with Gasteiger partial charge in [0.1, 0.15) is 6.17 Å². The molecule has 0 aliphatic carbocycles. The summed E-state index contributed by atoms with van der Waals surface area (Å²) in [7, 11) is 0. The summed E-state index contributed by atoms with van der Waals surface area (Å²) in [6.07, 6.45) is -4.88. The molecule has 1 saturated heterocycles. The van der Waals surface area contributed by atoms with Crippen LogP contribution in [0.1, 0.15) is 20.8 Å². The van der Waals surface area contributed by atoms with E-state index in [-0.39, 0.29) is 18.9 Å². The SMILES string of the molecule is CC(C)(C)C(=O)C1NCC(C(F)(F)F)CN1. The van der Waals surface area contributed by atoms with Crippen molar-refractivity contribution in [3.63, 3.8) is 0 Å². The quantitative estimate of drug-likeness (QED) is 0.723. The Morgan fingerprint density at radius 2 is 1.56 bits per heavy atom. The second-order valence-corrected chi connectivity index (χ2v) is 5.10. The molecule has 16 heavy (non-hydrogen) atoms. The first kappa shape index (κ1) is 13.4. The van der Waals surface area contributed by atoms with E-state index >= 15 is 0 Å². The van der Waals surface area contributed by atoms with Gasteiger partial charge in [0, 0.05) is 18.5 Å². The first-order chi connectivity index (χ1) is 7.12. The van der Waals surface area contributed by atoms with Crippen LogP contribution in [0.5, 0.6) is 0 Å². The zero-order valence-electron chi connectivity index (χ0n) is 9.61. The molecule has 0 saturated carbocycles. The Morgan fingerprint density at radius 1 is 1.12 bits per heavy atom. The fourth-order valence-electron chi connectivity index (χ4n) is 1.51. The standard InChI is InChI=1S/C10H17F3N2O/c1-9(2,3)7(16)8-14-4-6(5-15-8)10(11,12)13/h6,8,14-15H,4-5H2,1-3H3. The van der Waals surface area contributed by atoms with E-state index in [1.54, 1.807) is 20.8 Å². The lowest BCUT2D eigenvalue weighted by Crippen LogP contribution is -2.61. The summed E-state index contributed by atoms with van der Waals surface area (Å²) >= 11 is 0. The summed E-state index contributed by atoms with van der Waals surface area (Å²) in [5.41, 5.74) is -0.560. The van der Waals surface area contributed by atoms with Crippen molar-refractivity contribution < 1.29 is 18.0 Å². The van der Waals surface area contributed by atoms with Gasteiger partial charge in [-0.15, -0.1) is 0 Å². The van der Waals surface area contributed by atoms with Gasteiger partial charge in [-0.25, -0.2) is 0 Å². The van der Waals surface area contributed by atoms with Gasteiger partial charge in [0.05, 0.1) is 5.92 Å². The van der Waals surface area contributed by atoms with Crippen molar-refractivity contribution in [3.05, 3.63) is 0 Å². The lowest BCUT2D eigenvalue weighted by molar-refractivity contribution is -0.177. The third-order valence-electron chi connectivity index (χ3n) is 2.60. The lowest BCUT2D eigenvalue weighted by Gasteiger charge is -2.34. The molecule has 0 aromatic heterocycles. The Labute approximate surface area is 92.8 Å². The van der Waals surface area contributed by atoms with Crippen LogP contribution in [0, 0.1) is 11.3 Å². The van der Waals surface area contributed by atoms with Crippen molar-refractivity contribution in [3.8, 4) is 0 Å². The number of halogens is 3. The molecule has 1 aliphatic heterocycles. The van der Waals surface area contributed by atoms with E-state index in [2.05, 4.69) is 10.6 Å². The Kier molecular flexibility index (Phi) is 3.64. The van der Waals surface area contributed by atoms with E-state index in [1.165, 1.54) is 0 Å². The van der Waals surface area contributed by atoms with Crippen LogP contribution in [-0.4, -0.2) is 31.2 Å². The number of carbonyl (C=O) groups excluding carboxylic acids is 1. The maximum Gasteiger partial charge on any atom is 0.394 e. The molecule has 0 spiro atoms. The second-order valence-electron chi connectivity index (χ2n) is 5.10. The minimum Gasteiger partial charge on any atom is -0.296 e. The Hall–Kier alpha value is -0.620. The van der Waals surface area contributed by atoms with Crippen molar-refractivity contribution in [2.75, 3.05) is 13.1 Å². The molecular weight excluding hydrogens is 221 g/mol. The minimum absolute atomic E-state index is 0.117. The number of nitrogens with one attached hydrogen (secondary N) is 2. The van der Waals surface area contributed by atoms with Gasteiger partial charge in [-0.2, -0.15) is 13.2 Å². The largest absolute Gasteiger partial charge is 0.394 e. The Morgan fingerprint density at radius 3 is 1.88 bits per heavy atom. The van der Waals surface area contributed by atoms with Gasteiger partial charge in [0.15, 0.2) is 5.78 Å². The van der Waals surface area contributed by atoms with E-state index in [0.29, 0.717) is 0 Å². The topological polar surface area (TPSA) is 41.1 Å². The van der Waals surface area contributed by atoms with E-state index in [0.717, 1.165) is 0 Å². The van der Waals surface area contributed by atoms with Gasteiger partial charge in [-0.1, -0.05) is 20.8 Å². The van der Waals surface area contributed by atoms with Gasteiger partial charge in [0.2, 0.25) is 0 Å². The average Bonchev–Trinajstić information content (AvgIpc) is 2.14. The third kappa shape index (κ3) is 3.18. The number of alkyl halides is 3. The predicted molar refractivity (Wildman–Crippen MR) is 53.8 cm³/mol. The van der Waals surface area contributed by atoms with Crippen LogP contribution in [0.3, 0.4) is 0 Å². The van der Waals surface area contributed by atoms with Gasteiger partial charge >= 0.3 is 6.18 Å². The summed E-state index contributed by atoms with van der Waals surface area (Å²) in [6.45, 7) is 4.82. The van der Waals surface area contributed by atoms with Crippen LogP contribution in [0.4, 0.5) is 13.2 Å². The number of rotatable bonds is 1.